The molecule has 1 N–H and O–H groups in total. The largest absolute Gasteiger partial charge is 0.490 e. The molecular weight excluding hydrogens is 248 g/mol. The molecule has 0 fully saturated rings. The summed E-state index contributed by atoms with van der Waals surface area (Å²) in [4.78, 5) is 14.4. The van der Waals surface area contributed by atoms with E-state index in [9.17, 15) is 10.1 Å². The van der Waals surface area contributed by atoms with Crippen LogP contribution >= 0.6 is 0 Å². The number of aromatic nitrogens is 2. The lowest BCUT2D eigenvalue weighted by molar-refractivity contribution is -0.385. The Kier molecular flexibility index (Phi) is 3.65. The first kappa shape index (κ1) is 12.9. The fourth-order valence-electron chi connectivity index (χ4n) is 1.69. The van der Waals surface area contributed by atoms with E-state index in [2.05, 4.69) is 10.3 Å². The maximum absolute atomic E-state index is 10.9. The normalized spacial score (nSPS) is 10.2. The summed E-state index contributed by atoms with van der Waals surface area (Å²) in [7, 11) is 3.30. The Morgan fingerprint density at radius 2 is 2.32 bits per heavy atom. The number of hydrogen-bond acceptors (Lipinski definition) is 5. The van der Waals surface area contributed by atoms with Gasteiger partial charge in [-0.25, -0.2) is 4.98 Å². The first-order chi connectivity index (χ1) is 9.11. The van der Waals surface area contributed by atoms with E-state index in [4.69, 9.17) is 4.74 Å². The summed E-state index contributed by atoms with van der Waals surface area (Å²) in [5.41, 5.74) is 1.59. The van der Waals surface area contributed by atoms with E-state index in [1.807, 2.05) is 11.6 Å². The summed E-state index contributed by atoms with van der Waals surface area (Å²) >= 11 is 0. The van der Waals surface area contributed by atoms with E-state index in [0.717, 1.165) is 5.69 Å². The molecule has 0 saturated carbocycles. The highest BCUT2D eigenvalue weighted by Gasteiger charge is 2.15. The second kappa shape index (κ2) is 5.38. The zero-order valence-corrected chi connectivity index (χ0v) is 10.7. The second-order valence-electron chi connectivity index (χ2n) is 3.99. The van der Waals surface area contributed by atoms with Crippen molar-refractivity contribution in [1.82, 2.24) is 9.55 Å². The van der Waals surface area contributed by atoms with Crippen molar-refractivity contribution < 1.29 is 9.66 Å². The quantitative estimate of drug-likeness (QED) is 0.657. The van der Waals surface area contributed by atoms with E-state index in [1.54, 1.807) is 24.7 Å². The van der Waals surface area contributed by atoms with Crippen LogP contribution in [0.15, 0.2) is 30.7 Å². The highest BCUT2D eigenvalue weighted by Crippen LogP contribution is 2.29. The molecule has 0 aliphatic carbocycles. The lowest BCUT2D eigenvalue weighted by Gasteiger charge is -2.08. The zero-order chi connectivity index (χ0) is 13.8. The van der Waals surface area contributed by atoms with Crippen LogP contribution < -0.4 is 10.1 Å². The van der Waals surface area contributed by atoms with Gasteiger partial charge in [0.15, 0.2) is 5.75 Å². The summed E-state index contributed by atoms with van der Waals surface area (Å²) < 4.78 is 6.83. The lowest BCUT2D eigenvalue weighted by Crippen LogP contribution is -2.04. The first-order valence-corrected chi connectivity index (χ1v) is 5.63. The molecule has 0 atom stereocenters. The van der Waals surface area contributed by atoms with Crippen LogP contribution in [0.1, 0.15) is 5.69 Å². The number of hydrogen-bond donors (Lipinski definition) is 1. The number of rotatable bonds is 5. The predicted octanol–water partition coefficient (Wildman–Crippen LogP) is 1.95. The van der Waals surface area contributed by atoms with E-state index >= 15 is 0 Å². The summed E-state index contributed by atoms with van der Waals surface area (Å²) in [6.07, 6.45) is 3.44. The molecular formula is C12H14N4O3. The van der Waals surface area contributed by atoms with Crippen LogP contribution in [0.25, 0.3) is 0 Å². The third-order valence-corrected chi connectivity index (χ3v) is 2.77. The first-order valence-electron chi connectivity index (χ1n) is 5.63. The maximum Gasteiger partial charge on any atom is 0.312 e. The van der Waals surface area contributed by atoms with Crippen LogP contribution in [0.2, 0.25) is 0 Å². The predicted molar refractivity (Wildman–Crippen MR) is 70.2 cm³/mol. The smallest absolute Gasteiger partial charge is 0.312 e. The molecule has 1 aromatic carbocycles. The number of nitro benzene ring substituents is 1. The Labute approximate surface area is 110 Å². The van der Waals surface area contributed by atoms with Gasteiger partial charge in [0, 0.05) is 25.0 Å². The SMILES string of the molecule is COc1ccc(NCc2cncn2C)cc1[N+](=O)[O-]. The molecule has 2 rings (SSSR count). The van der Waals surface area contributed by atoms with Gasteiger partial charge in [0.2, 0.25) is 0 Å². The highest BCUT2D eigenvalue weighted by molar-refractivity contribution is 5.58. The number of benzene rings is 1. The minimum atomic E-state index is -0.464. The molecule has 0 amide bonds. The Morgan fingerprint density at radius 1 is 1.53 bits per heavy atom. The molecule has 1 heterocycles. The van der Waals surface area contributed by atoms with Gasteiger partial charge in [-0.1, -0.05) is 0 Å². The van der Waals surface area contributed by atoms with Gasteiger partial charge in [0.05, 0.1) is 30.6 Å². The maximum atomic E-state index is 10.9. The van der Waals surface area contributed by atoms with Crippen molar-refractivity contribution in [1.29, 1.82) is 0 Å². The van der Waals surface area contributed by atoms with Gasteiger partial charge >= 0.3 is 5.69 Å². The van der Waals surface area contributed by atoms with Crippen LogP contribution in [0.5, 0.6) is 5.75 Å². The van der Waals surface area contributed by atoms with Crippen molar-refractivity contribution in [2.24, 2.45) is 7.05 Å². The molecule has 0 spiro atoms. The number of nitrogens with zero attached hydrogens (tertiary/aromatic N) is 3. The monoisotopic (exact) mass is 262 g/mol. The van der Waals surface area contributed by atoms with E-state index < -0.39 is 4.92 Å². The third kappa shape index (κ3) is 2.82. The summed E-state index contributed by atoms with van der Waals surface area (Å²) in [6.45, 7) is 0.542. The average Bonchev–Trinajstić information content (AvgIpc) is 2.81. The number of nitrogens with one attached hydrogen (secondary N) is 1. The number of ether oxygens (including phenoxy) is 1. The lowest BCUT2D eigenvalue weighted by atomic mass is 10.2. The summed E-state index contributed by atoms with van der Waals surface area (Å²) in [5.74, 6) is 0.246. The van der Waals surface area contributed by atoms with Crippen molar-refractivity contribution in [3.8, 4) is 5.75 Å². The minimum absolute atomic E-state index is 0.0579. The molecule has 100 valence electrons. The Morgan fingerprint density at radius 3 is 2.89 bits per heavy atom. The van der Waals surface area contributed by atoms with Crippen molar-refractivity contribution >= 4 is 11.4 Å². The number of nitro groups is 1. The molecule has 0 saturated heterocycles. The van der Waals surface area contributed by atoms with Crippen LogP contribution in [0.4, 0.5) is 11.4 Å². The molecule has 0 aliphatic rings. The molecule has 0 aliphatic heterocycles. The fourth-order valence-corrected chi connectivity index (χ4v) is 1.69. The highest BCUT2D eigenvalue weighted by atomic mass is 16.6. The van der Waals surface area contributed by atoms with Gasteiger partial charge in [-0.2, -0.15) is 0 Å². The molecule has 2 aromatic rings. The van der Waals surface area contributed by atoms with Crippen LogP contribution in [0.3, 0.4) is 0 Å². The summed E-state index contributed by atoms with van der Waals surface area (Å²) in [6, 6.07) is 4.76. The number of aryl methyl sites for hydroxylation is 1. The van der Waals surface area contributed by atoms with Crippen molar-refractivity contribution in [2.75, 3.05) is 12.4 Å². The van der Waals surface area contributed by atoms with Crippen molar-refractivity contribution in [2.45, 2.75) is 6.54 Å². The second-order valence-corrected chi connectivity index (χ2v) is 3.99. The average molecular weight is 262 g/mol. The standard InChI is InChI=1S/C12H14N4O3/c1-15-8-13-6-10(15)7-14-9-3-4-12(19-2)11(5-9)16(17)18/h3-6,8,14H,7H2,1-2H3. The fraction of sp³-hybridized carbons (Fsp3) is 0.250. The van der Waals surface area contributed by atoms with E-state index in [-0.39, 0.29) is 11.4 Å². The minimum Gasteiger partial charge on any atom is -0.490 e. The zero-order valence-electron chi connectivity index (χ0n) is 10.7. The molecule has 7 nitrogen and oxygen atoms in total. The van der Waals surface area contributed by atoms with Gasteiger partial charge in [-0.05, 0) is 12.1 Å². The van der Waals surface area contributed by atoms with Gasteiger partial charge in [-0.15, -0.1) is 0 Å². The van der Waals surface area contributed by atoms with Gasteiger partial charge in [0.25, 0.3) is 0 Å². The van der Waals surface area contributed by atoms with Gasteiger partial charge in [-0.3, -0.25) is 10.1 Å². The number of methoxy groups -OCH3 is 1. The molecule has 19 heavy (non-hydrogen) atoms. The van der Waals surface area contributed by atoms with Crippen LogP contribution in [0, 0.1) is 10.1 Å². The van der Waals surface area contributed by atoms with Gasteiger partial charge < -0.3 is 14.6 Å². The Bertz CT molecular complexity index is 594. The third-order valence-electron chi connectivity index (χ3n) is 2.77. The number of anilines is 1. The molecule has 0 radical (unpaired) electrons. The molecule has 7 heteroatoms. The van der Waals surface area contributed by atoms with Crippen LogP contribution in [-0.4, -0.2) is 21.6 Å². The van der Waals surface area contributed by atoms with E-state index in [1.165, 1.54) is 13.2 Å². The summed E-state index contributed by atoms with van der Waals surface area (Å²) in [5, 5.41) is 14.0. The van der Waals surface area contributed by atoms with Crippen LogP contribution in [-0.2, 0) is 13.6 Å². The van der Waals surface area contributed by atoms with Crippen molar-refractivity contribution in [3.63, 3.8) is 0 Å². The molecule has 0 bridgehead atoms. The molecule has 0 unspecified atom stereocenters. The molecule has 1 aromatic heterocycles. The van der Waals surface area contributed by atoms with Crippen molar-refractivity contribution in [3.05, 3.63) is 46.5 Å². The topological polar surface area (TPSA) is 82.2 Å². The number of imidazole rings is 1. The Balaban J connectivity index is 2.15. The van der Waals surface area contributed by atoms with E-state index in [0.29, 0.717) is 12.2 Å². The van der Waals surface area contributed by atoms with Gasteiger partial charge in [0.1, 0.15) is 0 Å². The Hall–Kier alpha value is -2.57.